The molecule has 1 saturated carbocycles. The normalized spacial score (nSPS) is 15.7. The van der Waals surface area contributed by atoms with Crippen molar-refractivity contribution in [1.29, 1.82) is 0 Å². The van der Waals surface area contributed by atoms with Crippen LogP contribution in [0.4, 0.5) is 8.78 Å². The van der Waals surface area contributed by atoms with E-state index < -0.39 is 11.6 Å². The van der Waals surface area contributed by atoms with Gasteiger partial charge in [0, 0.05) is 29.6 Å². The quantitative estimate of drug-likeness (QED) is 0.331. The van der Waals surface area contributed by atoms with Gasteiger partial charge in [0.05, 0.1) is 5.56 Å². The lowest BCUT2D eigenvalue weighted by molar-refractivity contribution is 0.400. The molecule has 3 aromatic rings. The lowest BCUT2D eigenvalue weighted by Crippen LogP contribution is -2.13. The van der Waals surface area contributed by atoms with Crippen LogP contribution in [-0.4, -0.2) is 39.9 Å². The highest BCUT2D eigenvalue weighted by Crippen LogP contribution is 2.42. The Morgan fingerprint density at radius 2 is 1.74 bits per heavy atom. The number of halogens is 3. The smallest absolute Gasteiger partial charge is 0.235 e. The summed E-state index contributed by atoms with van der Waals surface area (Å²) in [4.78, 5) is 10.7. The van der Waals surface area contributed by atoms with Crippen LogP contribution in [0.15, 0.2) is 24.5 Å². The molecule has 1 fully saturated rings. The van der Waals surface area contributed by atoms with Gasteiger partial charge in [-0.2, -0.15) is 4.98 Å². The maximum atomic E-state index is 15.4. The van der Waals surface area contributed by atoms with Crippen LogP contribution in [0.2, 0.25) is 5.15 Å². The molecule has 0 amide bonds. The van der Waals surface area contributed by atoms with E-state index >= 15 is 8.78 Å². The van der Waals surface area contributed by atoms with Gasteiger partial charge >= 0.3 is 0 Å². The zero-order chi connectivity index (χ0) is 22.0. The number of imidazole rings is 1. The Hall–Kier alpha value is -2.05. The summed E-state index contributed by atoms with van der Waals surface area (Å²) in [5, 5.41) is 0.108. The standard InChI is InChI=1S/C24H29ClF2N4/c1-30(2)12-7-8-16-14-18(26)20(19(27)15-16)21-22(17-9-5-3-4-6-10-17)31-13-11-28-24(31)29-23(21)25/h11,13-15,17H,3-10,12H2,1-2H3. The topological polar surface area (TPSA) is 33.4 Å². The number of aryl methyl sites for hydroxylation is 1. The minimum atomic E-state index is -0.585. The van der Waals surface area contributed by atoms with E-state index in [1.165, 1.54) is 25.0 Å². The predicted molar refractivity (Wildman–Crippen MR) is 121 cm³/mol. The number of hydrogen-bond donors (Lipinski definition) is 0. The lowest BCUT2D eigenvalue weighted by Gasteiger charge is -2.22. The molecule has 0 unspecified atom stereocenters. The van der Waals surface area contributed by atoms with E-state index in [2.05, 4.69) is 14.9 Å². The van der Waals surface area contributed by atoms with Crippen molar-refractivity contribution in [1.82, 2.24) is 19.3 Å². The summed E-state index contributed by atoms with van der Waals surface area (Å²) in [6.45, 7) is 0.865. The van der Waals surface area contributed by atoms with E-state index in [9.17, 15) is 0 Å². The van der Waals surface area contributed by atoms with Crippen molar-refractivity contribution < 1.29 is 8.78 Å². The Bertz CT molecular complexity index is 1030. The first kappa shape index (κ1) is 22.2. The van der Waals surface area contributed by atoms with Crippen molar-refractivity contribution in [3.63, 3.8) is 0 Å². The van der Waals surface area contributed by atoms with E-state index in [0.29, 0.717) is 23.3 Å². The third-order valence-electron chi connectivity index (χ3n) is 6.21. The molecule has 0 N–H and O–H groups in total. The van der Waals surface area contributed by atoms with Crippen molar-refractivity contribution >= 4 is 17.4 Å². The molecule has 0 bridgehead atoms. The minimum Gasteiger partial charge on any atom is -0.309 e. The molecule has 0 radical (unpaired) electrons. The maximum absolute atomic E-state index is 15.4. The fraction of sp³-hybridized carbons (Fsp3) is 0.500. The van der Waals surface area contributed by atoms with Gasteiger partial charge < -0.3 is 4.90 Å². The fourth-order valence-corrected chi connectivity index (χ4v) is 5.00. The Morgan fingerprint density at radius 1 is 1.06 bits per heavy atom. The Morgan fingerprint density at radius 3 is 2.39 bits per heavy atom. The van der Waals surface area contributed by atoms with Crippen molar-refractivity contribution in [2.45, 2.75) is 57.3 Å². The van der Waals surface area contributed by atoms with Gasteiger partial charge in [-0.25, -0.2) is 13.8 Å². The second kappa shape index (κ2) is 9.61. The van der Waals surface area contributed by atoms with Gasteiger partial charge in [-0.15, -0.1) is 0 Å². The number of nitrogens with zero attached hydrogens (tertiary/aromatic N) is 4. The SMILES string of the molecule is CN(C)CCCc1cc(F)c(-c2c(Cl)nc3nccn3c2C2CCCCCC2)c(F)c1. The van der Waals surface area contributed by atoms with E-state index in [-0.39, 0.29) is 16.6 Å². The lowest BCUT2D eigenvalue weighted by atomic mass is 9.89. The van der Waals surface area contributed by atoms with Gasteiger partial charge in [-0.1, -0.05) is 37.3 Å². The van der Waals surface area contributed by atoms with Crippen LogP contribution in [0.3, 0.4) is 0 Å². The van der Waals surface area contributed by atoms with Crippen LogP contribution in [-0.2, 0) is 6.42 Å². The molecule has 31 heavy (non-hydrogen) atoms. The van der Waals surface area contributed by atoms with Gasteiger partial charge in [-0.3, -0.25) is 4.40 Å². The molecule has 166 valence electrons. The number of rotatable bonds is 6. The molecule has 0 spiro atoms. The summed E-state index contributed by atoms with van der Waals surface area (Å²) in [5.41, 5.74) is 1.77. The molecule has 0 saturated heterocycles. The summed E-state index contributed by atoms with van der Waals surface area (Å²) in [6.07, 6.45) is 11.4. The van der Waals surface area contributed by atoms with Gasteiger partial charge in [-0.05, 0) is 64.0 Å². The fourth-order valence-electron chi connectivity index (χ4n) is 4.73. The monoisotopic (exact) mass is 446 g/mol. The van der Waals surface area contributed by atoms with Crippen molar-refractivity contribution in [3.05, 3.63) is 52.6 Å². The zero-order valence-corrected chi connectivity index (χ0v) is 18.9. The van der Waals surface area contributed by atoms with Gasteiger partial charge in [0.25, 0.3) is 0 Å². The summed E-state index contributed by atoms with van der Waals surface area (Å²) >= 11 is 6.56. The summed E-state index contributed by atoms with van der Waals surface area (Å²) in [6, 6.07) is 2.89. The average Bonchev–Trinajstić information content (AvgIpc) is 3.00. The molecular weight excluding hydrogens is 418 g/mol. The summed E-state index contributed by atoms with van der Waals surface area (Å²) in [7, 11) is 3.97. The van der Waals surface area contributed by atoms with Crippen LogP contribution in [0.5, 0.6) is 0 Å². The van der Waals surface area contributed by atoms with Crippen molar-refractivity contribution in [2.75, 3.05) is 20.6 Å². The van der Waals surface area contributed by atoms with Crippen molar-refractivity contribution in [2.24, 2.45) is 0 Å². The molecule has 1 aliphatic rings. The zero-order valence-electron chi connectivity index (χ0n) is 18.2. The number of hydrogen-bond acceptors (Lipinski definition) is 3. The third-order valence-corrected chi connectivity index (χ3v) is 6.48. The van der Waals surface area contributed by atoms with Gasteiger partial charge in [0.2, 0.25) is 5.78 Å². The highest BCUT2D eigenvalue weighted by molar-refractivity contribution is 6.32. The molecule has 1 aromatic carbocycles. The summed E-state index contributed by atoms with van der Waals surface area (Å²) < 4.78 is 32.6. The van der Waals surface area contributed by atoms with Crippen LogP contribution in [0.25, 0.3) is 16.9 Å². The Labute approximate surface area is 187 Å². The third kappa shape index (κ3) is 4.75. The molecule has 1 aliphatic carbocycles. The minimum absolute atomic E-state index is 0.0799. The number of fused-ring (bicyclic) bond motifs is 1. The highest BCUT2D eigenvalue weighted by Gasteiger charge is 2.28. The van der Waals surface area contributed by atoms with Crippen molar-refractivity contribution in [3.8, 4) is 11.1 Å². The average molecular weight is 447 g/mol. The van der Waals surface area contributed by atoms with E-state index in [1.54, 1.807) is 6.20 Å². The Kier molecular flexibility index (Phi) is 6.87. The first-order valence-corrected chi connectivity index (χ1v) is 11.5. The summed E-state index contributed by atoms with van der Waals surface area (Å²) in [5.74, 6) is -0.543. The predicted octanol–water partition coefficient (Wildman–Crippen LogP) is 6.26. The van der Waals surface area contributed by atoms with E-state index in [1.807, 2.05) is 24.7 Å². The molecule has 7 heteroatoms. The van der Waals surface area contributed by atoms with Crippen LogP contribution in [0, 0.1) is 11.6 Å². The molecule has 0 aliphatic heterocycles. The molecule has 4 rings (SSSR count). The van der Waals surface area contributed by atoms with Crippen LogP contribution >= 0.6 is 11.6 Å². The van der Waals surface area contributed by atoms with E-state index in [0.717, 1.165) is 44.3 Å². The molecule has 2 aromatic heterocycles. The molecule has 4 nitrogen and oxygen atoms in total. The van der Waals surface area contributed by atoms with Gasteiger partial charge in [0.1, 0.15) is 16.8 Å². The first-order valence-electron chi connectivity index (χ1n) is 11.1. The molecular formula is C24H29ClF2N4. The van der Waals surface area contributed by atoms with Crippen LogP contribution in [0.1, 0.15) is 62.1 Å². The molecule has 0 atom stereocenters. The highest BCUT2D eigenvalue weighted by atomic mass is 35.5. The second-order valence-electron chi connectivity index (χ2n) is 8.79. The maximum Gasteiger partial charge on any atom is 0.235 e. The van der Waals surface area contributed by atoms with Gasteiger partial charge in [0.15, 0.2) is 0 Å². The Balaban J connectivity index is 1.82. The second-order valence-corrected chi connectivity index (χ2v) is 9.15. The number of benzene rings is 1. The number of aromatic nitrogens is 3. The largest absolute Gasteiger partial charge is 0.309 e. The van der Waals surface area contributed by atoms with Crippen LogP contribution < -0.4 is 0 Å². The van der Waals surface area contributed by atoms with E-state index in [4.69, 9.17) is 11.6 Å². The first-order chi connectivity index (χ1) is 15.0. The molecule has 2 heterocycles.